The van der Waals surface area contributed by atoms with Crippen molar-refractivity contribution in [3.63, 3.8) is 0 Å². The summed E-state index contributed by atoms with van der Waals surface area (Å²) in [4.78, 5) is 12.3. The van der Waals surface area contributed by atoms with Gasteiger partial charge in [0.05, 0.1) is 36.2 Å². The zero-order valence-corrected chi connectivity index (χ0v) is 17.2. The molecule has 3 aromatic rings. The van der Waals surface area contributed by atoms with Crippen LogP contribution in [0.5, 0.6) is 11.5 Å². The monoisotopic (exact) mass is 439 g/mol. The lowest BCUT2D eigenvalue weighted by atomic mass is 10.2. The molecule has 1 heterocycles. The SMILES string of the molecule is COc1ccc(OC)c(NC(=O)CSc2nnc(-c3ccc(Cl)cc3Cl)o2)c1. The number of nitrogens with one attached hydrogen (secondary N) is 1. The maximum absolute atomic E-state index is 12.3. The van der Waals surface area contributed by atoms with E-state index < -0.39 is 0 Å². The summed E-state index contributed by atoms with van der Waals surface area (Å²) >= 11 is 13.1. The Kier molecular flexibility index (Phi) is 6.66. The van der Waals surface area contributed by atoms with Gasteiger partial charge in [0.25, 0.3) is 5.22 Å². The van der Waals surface area contributed by atoms with Crippen LogP contribution in [0.1, 0.15) is 0 Å². The van der Waals surface area contributed by atoms with Crippen LogP contribution >= 0.6 is 35.0 Å². The summed E-state index contributed by atoms with van der Waals surface area (Å²) in [5, 5.41) is 11.8. The fourth-order valence-electron chi connectivity index (χ4n) is 2.27. The third-order valence-corrected chi connectivity index (χ3v) is 4.94. The van der Waals surface area contributed by atoms with Gasteiger partial charge < -0.3 is 19.2 Å². The highest BCUT2D eigenvalue weighted by Crippen LogP contribution is 2.32. The number of methoxy groups -OCH3 is 2. The molecule has 0 unspecified atom stereocenters. The predicted octanol–water partition coefficient (Wildman–Crippen LogP) is 4.79. The molecule has 0 aliphatic rings. The van der Waals surface area contributed by atoms with Gasteiger partial charge in [-0.25, -0.2) is 0 Å². The van der Waals surface area contributed by atoms with Gasteiger partial charge >= 0.3 is 0 Å². The Labute approximate surface area is 175 Å². The van der Waals surface area contributed by atoms with Crippen LogP contribution in [0.4, 0.5) is 5.69 Å². The number of benzene rings is 2. The van der Waals surface area contributed by atoms with Crippen molar-refractivity contribution in [1.82, 2.24) is 10.2 Å². The van der Waals surface area contributed by atoms with Gasteiger partial charge in [-0.05, 0) is 30.3 Å². The van der Waals surface area contributed by atoms with E-state index >= 15 is 0 Å². The molecule has 28 heavy (non-hydrogen) atoms. The van der Waals surface area contributed by atoms with Crippen LogP contribution in [0.3, 0.4) is 0 Å². The second-order valence-electron chi connectivity index (χ2n) is 5.40. The van der Waals surface area contributed by atoms with Crippen LogP contribution in [0.25, 0.3) is 11.5 Å². The van der Waals surface area contributed by atoms with Crippen LogP contribution < -0.4 is 14.8 Å². The lowest BCUT2D eigenvalue weighted by Crippen LogP contribution is -2.14. The highest BCUT2D eigenvalue weighted by molar-refractivity contribution is 7.99. The number of anilines is 1. The van der Waals surface area contributed by atoms with E-state index in [2.05, 4.69) is 15.5 Å². The van der Waals surface area contributed by atoms with Gasteiger partial charge in [0.2, 0.25) is 11.8 Å². The molecular weight excluding hydrogens is 425 g/mol. The number of amides is 1. The molecule has 3 rings (SSSR count). The Hall–Kier alpha value is -2.42. The van der Waals surface area contributed by atoms with Crippen molar-refractivity contribution in [3.8, 4) is 23.0 Å². The molecule has 146 valence electrons. The summed E-state index contributed by atoms with van der Waals surface area (Å²) < 4.78 is 16.0. The quantitative estimate of drug-likeness (QED) is 0.529. The van der Waals surface area contributed by atoms with E-state index in [1.54, 1.807) is 43.5 Å². The molecule has 1 aromatic heterocycles. The minimum Gasteiger partial charge on any atom is -0.497 e. The normalized spacial score (nSPS) is 10.6. The van der Waals surface area contributed by atoms with Crippen LogP contribution in [0, 0.1) is 0 Å². The topological polar surface area (TPSA) is 86.5 Å². The molecule has 1 N–H and O–H groups in total. The van der Waals surface area contributed by atoms with E-state index in [9.17, 15) is 4.79 Å². The van der Waals surface area contributed by atoms with Crippen LogP contribution in [-0.2, 0) is 4.79 Å². The van der Waals surface area contributed by atoms with E-state index in [0.717, 1.165) is 11.8 Å². The van der Waals surface area contributed by atoms with E-state index in [-0.39, 0.29) is 22.8 Å². The van der Waals surface area contributed by atoms with Gasteiger partial charge in [-0.15, -0.1) is 10.2 Å². The third kappa shape index (κ3) is 4.89. The van der Waals surface area contributed by atoms with E-state index in [1.807, 2.05) is 0 Å². The number of nitrogens with zero attached hydrogens (tertiary/aromatic N) is 2. The van der Waals surface area contributed by atoms with Crippen molar-refractivity contribution in [1.29, 1.82) is 0 Å². The Morgan fingerprint density at radius 3 is 2.68 bits per heavy atom. The molecular formula is C18H15Cl2N3O4S. The molecule has 0 spiro atoms. The molecule has 1 amide bonds. The van der Waals surface area contributed by atoms with Crippen molar-refractivity contribution in [2.24, 2.45) is 0 Å². The van der Waals surface area contributed by atoms with Crippen molar-refractivity contribution in [2.75, 3.05) is 25.3 Å². The Balaban J connectivity index is 1.63. The molecule has 0 aliphatic carbocycles. The number of ether oxygens (including phenoxy) is 2. The smallest absolute Gasteiger partial charge is 0.277 e. The van der Waals surface area contributed by atoms with E-state index in [0.29, 0.717) is 32.8 Å². The number of carbonyl (C=O) groups is 1. The van der Waals surface area contributed by atoms with Gasteiger partial charge in [-0.2, -0.15) is 0 Å². The Bertz CT molecular complexity index is 997. The Morgan fingerprint density at radius 2 is 1.96 bits per heavy atom. The maximum Gasteiger partial charge on any atom is 0.277 e. The molecule has 0 aliphatic heterocycles. The average molecular weight is 440 g/mol. The fourth-order valence-corrected chi connectivity index (χ4v) is 3.32. The minimum atomic E-state index is -0.263. The highest BCUT2D eigenvalue weighted by Gasteiger charge is 2.15. The first-order chi connectivity index (χ1) is 13.5. The first-order valence-corrected chi connectivity index (χ1v) is 9.68. The van der Waals surface area contributed by atoms with Crippen molar-refractivity contribution in [2.45, 2.75) is 5.22 Å². The van der Waals surface area contributed by atoms with Crippen LogP contribution in [0.2, 0.25) is 10.0 Å². The van der Waals surface area contributed by atoms with Crippen molar-refractivity contribution >= 4 is 46.6 Å². The molecule has 2 aromatic carbocycles. The lowest BCUT2D eigenvalue weighted by molar-refractivity contribution is -0.113. The zero-order valence-electron chi connectivity index (χ0n) is 14.9. The number of carbonyl (C=O) groups excluding carboxylic acids is 1. The number of thioether (sulfide) groups is 1. The van der Waals surface area contributed by atoms with Gasteiger partial charge in [-0.3, -0.25) is 4.79 Å². The van der Waals surface area contributed by atoms with E-state index in [1.165, 1.54) is 7.11 Å². The van der Waals surface area contributed by atoms with Gasteiger partial charge in [-0.1, -0.05) is 35.0 Å². The number of hydrogen-bond acceptors (Lipinski definition) is 7. The zero-order chi connectivity index (χ0) is 20.1. The maximum atomic E-state index is 12.3. The molecule has 0 saturated heterocycles. The van der Waals surface area contributed by atoms with Gasteiger partial charge in [0.15, 0.2) is 0 Å². The Morgan fingerprint density at radius 1 is 1.14 bits per heavy atom. The standard InChI is InChI=1S/C18H15Cl2N3O4S/c1-25-11-4-6-15(26-2)14(8-11)21-16(24)9-28-18-23-22-17(27-18)12-5-3-10(19)7-13(12)20/h3-8H,9H2,1-2H3,(H,21,24). The first kappa shape index (κ1) is 20.3. The number of halogens is 2. The molecule has 0 radical (unpaired) electrons. The van der Waals surface area contributed by atoms with Gasteiger partial charge in [0.1, 0.15) is 11.5 Å². The average Bonchev–Trinajstić information content (AvgIpc) is 3.15. The van der Waals surface area contributed by atoms with Crippen molar-refractivity contribution in [3.05, 3.63) is 46.4 Å². The predicted molar refractivity (Wildman–Crippen MR) is 109 cm³/mol. The van der Waals surface area contributed by atoms with Gasteiger partial charge in [0, 0.05) is 11.1 Å². The van der Waals surface area contributed by atoms with Crippen molar-refractivity contribution < 1.29 is 18.7 Å². The second kappa shape index (κ2) is 9.18. The summed E-state index contributed by atoms with van der Waals surface area (Å²) in [6, 6.07) is 10.1. The van der Waals surface area contributed by atoms with E-state index in [4.69, 9.17) is 37.1 Å². The van der Waals surface area contributed by atoms with Crippen LogP contribution in [-0.4, -0.2) is 36.1 Å². The largest absolute Gasteiger partial charge is 0.497 e. The summed E-state index contributed by atoms with van der Waals surface area (Å²) in [6.45, 7) is 0. The van der Waals surface area contributed by atoms with Crippen LogP contribution in [0.15, 0.2) is 46.0 Å². The molecule has 0 bridgehead atoms. The summed E-state index contributed by atoms with van der Waals surface area (Å²) in [7, 11) is 3.07. The molecule has 7 nitrogen and oxygen atoms in total. The number of aromatic nitrogens is 2. The third-order valence-electron chi connectivity index (χ3n) is 3.58. The second-order valence-corrected chi connectivity index (χ2v) is 7.17. The fraction of sp³-hybridized carbons (Fsp3) is 0.167. The summed E-state index contributed by atoms with van der Waals surface area (Å²) in [5.41, 5.74) is 1.07. The summed E-state index contributed by atoms with van der Waals surface area (Å²) in [5.74, 6) is 1.18. The molecule has 0 atom stereocenters. The lowest BCUT2D eigenvalue weighted by Gasteiger charge is -2.11. The number of hydrogen-bond donors (Lipinski definition) is 1. The molecule has 0 fully saturated rings. The molecule has 10 heteroatoms. The molecule has 0 saturated carbocycles. The summed E-state index contributed by atoms with van der Waals surface area (Å²) in [6.07, 6.45) is 0. The minimum absolute atomic E-state index is 0.0658. The highest BCUT2D eigenvalue weighted by atomic mass is 35.5. The first-order valence-electron chi connectivity index (χ1n) is 7.93. The number of rotatable bonds is 7.